The summed E-state index contributed by atoms with van der Waals surface area (Å²) in [6, 6.07) is 0. The van der Waals surface area contributed by atoms with Gasteiger partial charge in [-0.15, -0.1) is 0 Å². The Morgan fingerprint density at radius 1 is 0.800 bits per heavy atom. The molecule has 15 heavy (non-hydrogen) atoms. The minimum Gasteiger partial charge on any atom is -0.512 e. The molecule has 0 rings (SSSR count). The van der Waals surface area contributed by atoms with E-state index in [1.807, 2.05) is 41.5 Å². The first-order valence-electron chi connectivity index (χ1n) is 5.34. The first kappa shape index (κ1) is 14.1. The molecule has 0 heterocycles. The zero-order valence-corrected chi connectivity index (χ0v) is 10.8. The van der Waals surface area contributed by atoms with Crippen LogP contribution in [-0.2, 0) is 0 Å². The average molecular weight is 212 g/mol. The minimum absolute atomic E-state index is 0.217. The number of aliphatic hydroxyl groups is 2. The van der Waals surface area contributed by atoms with Crippen molar-refractivity contribution in [1.82, 2.24) is 0 Å². The van der Waals surface area contributed by atoms with Crippen LogP contribution in [0.3, 0.4) is 0 Å². The number of aliphatic hydroxyl groups excluding tert-OH is 2. The Balaban J connectivity index is 4.44. The van der Waals surface area contributed by atoms with Gasteiger partial charge in [0.25, 0.3) is 0 Å². The molecule has 0 saturated heterocycles. The molecule has 0 radical (unpaired) electrons. The summed E-state index contributed by atoms with van der Waals surface area (Å²) in [5.41, 5.74) is -0.434. The molecule has 0 spiro atoms. The number of hydrogen-bond acceptors (Lipinski definition) is 2. The van der Waals surface area contributed by atoms with E-state index in [1.165, 1.54) is 0 Å². The minimum atomic E-state index is -0.217. The lowest BCUT2D eigenvalue weighted by Gasteiger charge is -2.18. The molecule has 0 saturated carbocycles. The van der Waals surface area contributed by atoms with Gasteiger partial charge in [0.15, 0.2) is 0 Å². The molecule has 0 aliphatic heterocycles. The van der Waals surface area contributed by atoms with Crippen molar-refractivity contribution in [2.75, 3.05) is 0 Å². The smallest absolute Gasteiger partial charge is 0.0939 e. The van der Waals surface area contributed by atoms with Crippen LogP contribution in [0, 0.1) is 10.8 Å². The Labute approximate surface area is 93.3 Å². The molecule has 0 fully saturated rings. The first-order chi connectivity index (χ1) is 6.55. The third-order valence-electron chi connectivity index (χ3n) is 2.16. The van der Waals surface area contributed by atoms with Gasteiger partial charge in [0.05, 0.1) is 11.5 Å². The van der Waals surface area contributed by atoms with Crippen molar-refractivity contribution >= 4 is 0 Å². The van der Waals surface area contributed by atoms with Crippen molar-refractivity contribution in [2.24, 2.45) is 10.8 Å². The topological polar surface area (TPSA) is 40.5 Å². The van der Waals surface area contributed by atoms with Crippen LogP contribution in [-0.4, -0.2) is 10.2 Å². The van der Waals surface area contributed by atoms with Gasteiger partial charge in [-0.3, -0.25) is 0 Å². The van der Waals surface area contributed by atoms with Gasteiger partial charge in [0.1, 0.15) is 0 Å². The quantitative estimate of drug-likeness (QED) is 0.668. The first-order valence-corrected chi connectivity index (χ1v) is 5.34. The van der Waals surface area contributed by atoms with E-state index in [1.54, 1.807) is 12.2 Å². The van der Waals surface area contributed by atoms with Crippen LogP contribution in [0.2, 0.25) is 0 Å². The second-order valence-electron chi connectivity index (χ2n) is 5.91. The van der Waals surface area contributed by atoms with Crippen LogP contribution in [0.15, 0.2) is 23.7 Å². The molecule has 0 aliphatic rings. The fraction of sp³-hybridized carbons (Fsp3) is 0.692. The Morgan fingerprint density at radius 2 is 1.07 bits per heavy atom. The summed E-state index contributed by atoms with van der Waals surface area (Å²) >= 11 is 0. The van der Waals surface area contributed by atoms with Crippen molar-refractivity contribution in [3.05, 3.63) is 23.7 Å². The predicted molar refractivity (Wildman–Crippen MR) is 65.0 cm³/mol. The maximum absolute atomic E-state index is 9.65. The monoisotopic (exact) mass is 212 g/mol. The third-order valence-corrected chi connectivity index (χ3v) is 2.16. The Bertz CT molecular complexity index is 231. The van der Waals surface area contributed by atoms with E-state index < -0.39 is 0 Å². The lowest BCUT2D eigenvalue weighted by molar-refractivity contribution is 0.271. The molecule has 0 aromatic heterocycles. The largest absolute Gasteiger partial charge is 0.512 e. The van der Waals surface area contributed by atoms with Gasteiger partial charge in [0.2, 0.25) is 0 Å². The molecule has 0 aromatic rings. The van der Waals surface area contributed by atoms with Crippen molar-refractivity contribution < 1.29 is 10.2 Å². The molecular formula is C13H24O2. The number of allylic oxidation sites excluding steroid dienone is 4. The molecule has 0 atom stereocenters. The summed E-state index contributed by atoms with van der Waals surface area (Å²) in [6.07, 6.45) is 4.04. The van der Waals surface area contributed by atoms with E-state index in [-0.39, 0.29) is 10.8 Å². The van der Waals surface area contributed by atoms with E-state index in [0.717, 1.165) is 0 Å². The van der Waals surface area contributed by atoms with Gasteiger partial charge in [-0.05, 0) is 18.6 Å². The summed E-state index contributed by atoms with van der Waals surface area (Å²) in [6.45, 7) is 11.7. The van der Waals surface area contributed by atoms with Crippen molar-refractivity contribution in [3.8, 4) is 0 Å². The highest BCUT2D eigenvalue weighted by Crippen LogP contribution is 2.25. The lowest BCUT2D eigenvalue weighted by Crippen LogP contribution is -2.09. The molecular weight excluding hydrogens is 188 g/mol. The van der Waals surface area contributed by atoms with Crippen molar-refractivity contribution in [2.45, 2.75) is 48.0 Å². The van der Waals surface area contributed by atoms with E-state index in [0.29, 0.717) is 17.9 Å². The molecule has 0 aromatic carbocycles. The van der Waals surface area contributed by atoms with E-state index >= 15 is 0 Å². The molecule has 2 N–H and O–H groups in total. The third kappa shape index (κ3) is 5.50. The molecule has 2 nitrogen and oxygen atoms in total. The summed E-state index contributed by atoms with van der Waals surface area (Å²) in [4.78, 5) is 0. The van der Waals surface area contributed by atoms with Crippen LogP contribution in [0.5, 0.6) is 0 Å². The molecule has 88 valence electrons. The SMILES string of the molecule is CC(C)(C)C(O)=CCC=C(O)C(C)(C)C. The van der Waals surface area contributed by atoms with Crippen LogP contribution in [0.4, 0.5) is 0 Å². The van der Waals surface area contributed by atoms with E-state index in [4.69, 9.17) is 0 Å². The molecule has 0 aliphatic carbocycles. The summed E-state index contributed by atoms with van der Waals surface area (Å²) in [5, 5.41) is 19.3. The fourth-order valence-corrected chi connectivity index (χ4v) is 0.895. The highest BCUT2D eigenvalue weighted by atomic mass is 16.3. The predicted octanol–water partition coefficient (Wildman–Crippen LogP) is 4.35. The maximum atomic E-state index is 9.65. The average Bonchev–Trinajstić information content (AvgIpc) is 2.00. The van der Waals surface area contributed by atoms with Crippen LogP contribution < -0.4 is 0 Å². The summed E-state index contributed by atoms with van der Waals surface area (Å²) in [5.74, 6) is 0.723. The Hall–Kier alpha value is -0.920. The van der Waals surface area contributed by atoms with E-state index in [2.05, 4.69) is 0 Å². The van der Waals surface area contributed by atoms with E-state index in [9.17, 15) is 10.2 Å². The van der Waals surface area contributed by atoms with Crippen LogP contribution in [0.1, 0.15) is 48.0 Å². The number of rotatable bonds is 2. The summed E-state index contributed by atoms with van der Waals surface area (Å²) < 4.78 is 0. The van der Waals surface area contributed by atoms with Gasteiger partial charge >= 0.3 is 0 Å². The molecule has 0 amide bonds. The Morgan fingerprint density at radius 3 is 1.27 bits per heavy atom. The van der Waals surface area contributed by atoms with Gasteiger partial charge in [-0.25, -0.2) is 0 Å². The van der Waals surface area contributed by atoms with Crippen molar-refractivity contribution in [3.63, 3.8) is 0 Å². The van der Waals surface area contributed by atoms with Crippen molar-refractivity contribution in [1.29, 1.82) is 0 Å². The number of hydrogen-bond donors (Lipinski definition) is 2. The van der Waals surface area contributed by atoms with Gasteiger partial charge < -0.3 is 10.2 Å². The second-order valence-corrected chi connectivity index (χ2v) is 5.91. The second kappa shape index (κ2) is 4.73. The molecule has 0 bridgehead atoms. The van der Waals surface area contributed by atoms with Gasteiger partial charge in [-0.1, -0.05) is 41.5 Å². The molecule has 2 heteroatoms. The van der Waals surface area contributed by atoms with Crippen LogP contribution >= 0.6 is 0 Å². The standard InChI is InChI=1S/C13H24O2/c1-12(2,3)10(14)8-7-9-11(15)13(4,5)6/h8-9,14-15H,7H2,1-6H3. The Kier molecular flexibility index (Phi) is 4.44. The van der Waals surface area contributed by atoms with Gasteiger partial charge in [-0.2, -0.15) is 0 Å². The summed E-state index contributed by atoms with van der Waals surface area (Å²) in [7, 11) is 0. The van der Waals surface area contributed by atoms with Gasteiger partial charge in [0, 0.05) is 10.8 Å². The van der Waals surface area contributed by atoms with Crippen LogP contribution in [0.25, 0.3) is 0 Å². The normalized spacial score (nSPS) is 15.6. The fourth-order valence-electron chi connectivity index (χ4n) is 0.895. The lowest BCUT2D eigenvalue weighted by atomic mass is 9.91. The zero-order valence-electron chi connectivity index (χ0n) is 10.8. The molecule has 0 unspecified atom stereocenters. The zero-order chi connectivity index (χ0) is 12.3. The maximum Gasteiger partial charge on any atom is 0.0939 e. The highest BCUT2D eigenvalue weighted by Gasteiger charge is 2.16. The highest BCUT2D eigenvalue weighted by molar-refractivity contribution is 5.08.